The summed E-state index contributed by atoms with van der Waals surface area (Å²) in [6, 6.07) is 12.8. The molecule has 0 aliphatic carbocycles. The minimum absolute atomic E-state index is 0.198. The molecule has 0 saturated carbocycles. The summed E-state index contributed by atoms with van der Waals surface area (Å²) < 4.78 is 16.5. The molecular weight excluding hydrogens is 404 g/mol. The summed E-state index contributed by atoms with van der Waals surface area (Å²) in [5.74, 6) is 2.82. The van der Waals surface area contributed by atoms with Gasteiger partial charge in [-0.3, -0.25) is 4.99 Å². The van der Waals surface area contributed by atoms with Gasteiger partial charge < -0.3 is 29.4 Å². The van der Waals surface area contributed by atoms with E-state index in [1.165, 1.54) is 5.56 Å². The van der Waals surface area contributed by atoms with Gasteiger partial charge in [-0.2, -0.15) is 0 Å². The highest BCUT2D eigenvalue weighted by Crippen LogP contribution is 2.31. The van der Waals surface area contributed by atoms with Crippen molar-refractivity contribution in [2.45, 2.75) is 44.2 Å². The predicted molar refractivity (Wildman–Crippen MR) is 126 cm³/mol. The lowest BCUT2D eigenvalue weighted by Crippen LogP contribution is -2.50. The monoisotopic (exact) mass is 440 g/mol. The summed E-state index contributed by atoms with van der Waals surface area (Å²) in [6.07, 6.45) is 6.77. The number of hydrogen-bond donors (Lipinski definition) is 2. The first-order valence-electron chi connectivity index (χ1n) is 11.8. The van der Waals surface area contributed by atoms with Crippen LogP contribution in [0.25, 0.3) is 0 Å². The van der Waals surface area contributed by atoms with Crippen molar-refractivity contribution >= 4 is 5.96 Å². The molecule has 2 aliphatic rings. The van der Waals surface area contributed by atoms with Gasteiger partial charge in [0.25, 0.3) is 0 Å². The fraction of sp³-hybridized carbons (Fsp3) is 0.560. The number of furan rings is 1. The number of ether oxygens (including phenoxy) is 2. The van der Waals surface area contributed by atoms with Crippen molar-refractivity contribution in [1.29, 1.82) is 0 Å². The van der Waals surface area contributed by atoms with E-state index in [1.807, 2.05) is 24.3 Å². The Labute approximate surface area is 191 Å². The summed E-state index contributed by atoms with van der Waals surface area (Å²) in [7, 11) is 1.77. The zero-order chi connectivity index (χ0) is 22.0. The second-order valence-corrected chi connectivity index (χ2v) is 8.54. The Balaban J connectivity index is 1.36. The number of para-hydroxylation sites is 1. The quantitative estimate of drug-likeness (QED) is 0.354. The molecule has 2 aromatic rings. The Morgan fingerprint density at radius 3 is 2.81 bits per heavy atom. The molecule has 2 aliphatic heterocycles. The molecule has 7 nitrogen and oxygen atoms in total. The van der Waals surface area contributed by atoms with E-state index in [4.69, 9.17) is 18.9 Å². The van der Waals surface area contributed by atoms with E-state index < -0.39 is 0 Å². The molecule has 0 bridgehead atoms. The highest BCUT2D eigenvalue weighted by atomic mass is 16.5. The summed E-state index contributed by atoms with van der Waals surface area (Å²) in [6.45, 7) is 5.57. The highest BCUT2D eigenvalue weighted by Gasteiger charge is 2.24. The number of hydrogen-bond acceptors (Lipinski definition) is 5. The van der Waals surface area contributed by atoms with Crippen molar-refractivity contribution in [1.82, 2.24) is 15.5 Å². The minimum Gasteiger partial charge on any atom is -0.493 e. The summed E-state index contributed by atoms with van der Waals surface area (Å²) in [4.78, 5) is 7.44. The number of aliphatic imine (C=N–C) groups is 1. The lowest BCUT2D eigenvalue weighted by molar-refractivity contribution is 0.155. The molecule has 1 unspecified atom stereocenters. The van der Waals surface area contributed by atoms with Crippen LogP contribution >= 0.6 is 0 Å². The topological polar surface area (TPSA) is 71.3 Å². The SMILES string of the molecule is COCCCN1CCC(NC(=NCCc2ccco2)NC2CCOc3ccccc32)CC1. The van der Waals surface area contributed by atoms with Crippen LogP contribution in [-0.2, 0) is 11.2 Å². The number of likely N-dealkylation sites (tertiary alicyclic amines) is 1. The first kappa shape index (κ1) is 22.7. The van der Waals surface area contributed by atoms with E-state index in [0.29, 0.717) is 19.2 Å². The first-order chi connectivity index (χ1) is 15.8. The minimum atomic E-state index is 0.198. The Hall–Kier alpha value is -2.51. The molecule has 0 amide bonds. The molecule has 1 fully saturated rings. The maximum Gasteiger partial charge on any atom is 0.191 e. The number of nitrogens with one attached hydrogen (secondary N) is 2. The maximum atomic E-state index is 5.84. The average molecular weight is 441 g/mol. The van der Waals surface area contributed by atoms with Crippen LogP contribution in [0.4, 0.5) is 0 Å². The molecule has 0 radical (unpaired) electrons. The van der Waals surface area contributed by atoms with Gasteiger partial charge in [-0.05, 0) is 37.5 Å². The predicted octanol–water partition coefficient (Wildman–Crippen LogP) is 3.38. The fourth-order valence-electron chi connectivity index (χ4n) is 4.45. The van der Waals surface area contributed by atoms with Crippen LogP contribution in [0.5, 0.6) is 5.75 Å². The summed E-state index contributed by atoms with van der Waals surface area (Å²) in [5, 5.41) is 7.41. The number of benzene rings is 1. The fourth-order valence-corrected chi connectivity index (χ4v) is 4.45. The molecule has 1 aromatic heterocycles. The number of nitrogens with zero attached hydrogens (tertiary/aromatic N) is 2. The van der Waals surface area contributed by atoms with Gasteiger partial charge >= 0.3 is 0 Å². The van der Waals surface area contributed by atoms with Crippen LogP contribution in [0.3, 0.4) is 0 Å². The summed E-state index contributed by atoms with van der Waals surface area (Å²) >= 11 is 0. The molecule has 4 rings (SSSR count). The van der Waals surface area contributed by atoms with Gasteiger partial charge in [0.2, 0.25) is 0 Å². The van der Waals surface area contributed by atoms with Crippen LogP contribution in [-0.4, -0.2) is 63.4 Å². The molecule has 7 heteroatoms. The van der Waals surface area contributed by atoms with E-state index in [9.17, 15) is 0 Å². The third-order valence-corrected chi connectivity index (χ3v) is 6.23. The Morgan fingerprint density at radius 1 is 1.12 bits per heavy atom. The molecule has 32 heavy (non-hydrogen) atoms. The van der Waals surface area contributed by atoms with Gasteiger partial charge in [-0.15, -0.1) is 0 Å². The lowest BCUT2D eigenvalue weighted by Gasteiger charge is -2.34. The second-order valence-electron chi connectivity index (χ2n) is 8.54. The molecule has 1 aromatic carbocycles. The van der Waals surface area contributed by atoms with Gasteiger partial charge in [0.1, 0.15) is 11.5 Å². The number of guanidine groups is 1. The van der Waals surface area contributed by atoms with Gasteiger partial charge in [-0.25, -0.2) is 0 Å². The van der Waals surface area contributed by atoms with Crippen LogP contribution in [0.1, 0.15) is 43.0 Å². The maximum absolute atomic E-state index is 5.84. The Bertz CT molecular complexity index is 831. The van der Waals surface area contributed by atoms with E-state index in [2.05, 4.69) is 27.7 Å². The van der Waals surface area contributed by atoms with E-state index >= 15 is 0 Å². The molecule has 0 spiro atoms. The molecular formula is C25H36N4O3. The van der Waals surface area contributed by atoms with Gasteiger partial charge in [-0.1, -0.05) is 18.2 Å². The van der Waals surface area contributed by atoms with Crippen LogP contribution in [0, 0.1) is 0 Å². The normalized spacial score (nSPS) is 19.9. The van der Waals surface area contributed by atoms with Crippen molar-refractivity contribution < 1.29 is 13.9 Å². The number of methoxy groups -OCH3 is 1. The van der Waals surface area contributed by atoms with Crippen molar-refractivity contribution in [3.05, 3.63) is 54.0 Å². The highest BCUT2D eigenvalue weighted by molar-refractivity contribution is 5.80. The largest absolute Gasteiger partial charge is 0.493 e. The third-order valence-electron chi connectivity index (χ3n) is 6.23. The van der Waals surface area contributed by atoms with Crippen molar-refractivity contribution in [2.75, 3.05) is 46.5 Å². The van der Waals surface area contributed by atoms with Crippen LogP contribution < -0.4 is 15.4 Å². The molecule has 1 atom stereocenters. The number of piperidine rings is 1. The van der Waals surface area contributed by atoms with Crippen LogP contribution in [0.15, 0.2) is 52.1 Å². The van der Waals surface area contributed by atoms with E-state index in [1.54, 1.807) is 13.4 Å². The van der Waals surface area contributed by atoms with Crippen molar-refractivity contribution in [2.24, 2.45) is 4.99 Å². The average Bonchev–Trinajstić information content (AvgIpc) is 3.34. The van der Waals surface area contributed by atoms with E-state index in [0.717, 1.165) is 75.8 Å². The molecule has 2 N–H and O–H groups in total. The number of rotatable bonds is 9. The van der Waals surface area contributed by atoms with Crippen LogP contribution in [0.2, 0.25) is 0 Å². The van der Waals surface area contributed by atoms with Crippen molar-refractivity contribution in [3.63, 3.8) is 0 Å². The van der Waals surface area contributed by atoms with Gasteiger partial charge in [0.05, 0.1) is 18.9 Å². The second kappa shape index (κ2) is 11.9. The zero-order valence-corrected chi connectivity index (χ0v) is 19.1. The number of fused-ring (bicyclic) bond motifs is 1. The van der Waals surface area contributed by atoms with Gasteiger partial charge in [0, 0.05) is 64.3 Å². The van der Waals surface area contributed by atoms with Crippen molar-refractivity contribution in [3.8, 4) is 5.75 Å². The smallest absolute Gasteiger partial charge is 0.191 e. The zero-order valence-electron chi connectivity index (χ0n) is 19.1. The lowest BCUT2D eigenvalue weighted by atomic mass is 10.0. The first-order valence-corrected chi connectivity index (χ1v) is 11.8. The summed E-state index contributed by atoms with van der Waals surface area (Å²) in [5.41, 5.74) is 1.20. The van der Waals surface area contributed by atoms with Gasteiger partial charge in [0.15, 0.2) is 5.96 Å². The molecule has 174 valence electrons. The Kier molecular flexibility index (Phi) is 8.45. The molecule has 1 saturated heterocycles. The standard InChI is InChI=1S/C25H36N4O3/c1-30-17-5-14-29-15-10-20(11-16-29)27-25(26-13-9-21-6-4-18-31-21)28-23-12-19-32-24-8-3-2-7-22(23)24/h2-4,6-8,18,20,23H,5,9-17,19H2,1H3,(H2,26,27,28). The third kappa shape index (κ3) is 6.50. The van der Waals surface area contributed by atoms with E-state index in [-0.39, 0.29) is 6.04 Å². The Morgan fingerprint density at radius 2 is 2.00 bits per heavy atom. The molecule has 3 heterocycles.